The van der Waals surface area contributed by atoms with E-state index in [1.54, 1.807) is 6.20 Å². The number of imidazole rings is 1. The monoisotopic (exact) mass is 281 g/mol. The summed E-state index contributed by atoms with van der Waals surface area (Å²) in [5.41, 5.74) is 8.52. The summed E-state index contributed by atoms with van der Waals surface area (Å²) in [4.78, 5) is 8.96. The van der Waals surface area contributed by atoms with Crippen LogP contribution in [0.5, 0.6) is 0 Å². The highest BCUT2D eigenvalue weighted by atomic mass is 16.4. The number of hydrogen-bond acceptors (Lipinski definition) is 4. The van der Waals surface area contributed by atoms with E-state index in [2.05, 4.69) is 15.1 Å². The quantitative estimate of drug-likeness (QED) is 0.332. The van der Waals surface area contributed by atoms with E-state index in [1.165, 1.54) is 0 Å². The van der Waals surface area contributed by atoms with Crippen LogP contribution in [-0.2, 0) is 6.42 Å². The molecular weight excluding hydrogens is 266 g/mol. The largest absolute Gasteiger partial charge is 0.409 e. The SMILES string of the molecule is Cc1ccnc(-n2c(CC(N)=NO)nc3ccccc32)c1. The Kier molecular flexibility index (Phi) is 3.27. The number of nitrogens with zero attached hydrogens (tertiary/aromatic N) is 4. The van der Waals surface area contributed by atoms with E-state index in [0.717, 1.165) is 22.4 Å². The number of aryl methyl sites for hydroxylation is 1. The summed E-state index contributed by atoms with van der Waals surface area (Å²) >= 11 is 0. The molecule has 0 unspecified atom stereocenters. The van der Waals surface area contributed by atoms with Crippen LogP contribution in [0, 0.1) is 6.92 Å². The Balaban J connectivity index is 2.25. The maximum atomic E-state index is 8.79. The Morgan fingerprint density at radius 1 is 1.33 bits per heavy atom. The van der Waals surface area contributed by atoms with Crippen molar-refractivity contribution in [3.05, 3.63) is 54.0 Å². The van der Waals surface area contributed by atoms with Crippen molar-refractivity contribution in [3.8, 4) is 5.82 Å². The van der Waals surface area contributed by atoms with Gasteiger partial charge in [-0.05, 0) is 36.8 Å². The third-order valence-corrected chi connectivity index (χ3v) is 3.23. The van der Waals surface area contributed by atoms with Crippen LogP contribution < -0.4 is 5.73 Å². The molecule has 0 aliphatic carbocycles. The van der Waals surface area contributed by atoms with Gasteiger partial charge in [0.15, 0.2) is 0 Å². The summed E-state index contributed by atoms with van der Waals surface area (Å²) in [6.07, 6.45) is 2.01. The molecule has 3 N–H and O–H groups in total. The molecule has 0 bridgehead atoms. The third kappa shape index (κ3) is 2.43. The van der Waals surface area contributed by atoms with Crippen molar-refractivity contribution in [1.29, 1.82) is 0 Å². The summed E-state index contributed by atoms with van der Waals surface area (Å²) in [7, 11) is 0. The molecule has 0 saturated heterocycles. The predicted molar refractivity (Wildman–Crippen MR) is 80.7 cm³/mol. The van der Waals surface area contributed by atoms with Crippen molar-refractivity contribution in [2.45, 2.75) is 13.3 Å². The Morgan fingerprint density at radius 2 is 2.14 bits per heavy atom. The molecule has 6 heteroatoms. The number of fused-ring (bicyclic) bond motifs is 1. The minimum atomic E-state index is 0.110. The first-order valence-electron chi connectivity index (χ1n) is 6.55. The fraction of sp³-hybridized carbons (Fsp3) is 0.133. The highest BCUT2D eigenvalue weighted by molar-refractivity contribution is 5.84. The minimum Gasteiger partial charge on any atom is -0.409 e. The van der Waals surface area contributed by atoms with Crippen LogP contribution in [0.15, 0.2) is 47.8 Å². The number of nitrogens with two attached hydrogens (primary N) is 1. The average molecular weight is 281 g/mol. The second kappa shape index (κ2) is 5.24. The second-order valence-electron chi connectivity index (χ2n) is 4.81. The number of rotatable bonds is 3. The van der Waals surface area contributed by atoms with Gasteiger partial charge in [0.2, 0.25) is 0 Å². The molecule has 3 rings (SSSR count). The first-order valence-corrected chi connectivity index (χ1v) is 6.55. The summed E-state index contributed by atoms with van der Waals surface area (Å²) in [5, 5.41) is 11.8. The van der Waals surface area contributed by atoms with Crippen LogP contribution in [0.4, 0.5) is 0 Å². The van der Waals surface area contributed by atoms with Crippen LogP contribution >= 0.6 is 0 Å². The van der Waals surface area contributed by atoms with Gasteiger partial charge in [-0.1, -0.05) is 17.3 Å². The molecule has 2 heterocycles. The van der Waals surface area contributed by atoms with Crippen LogP contribution in [0.1, 0.15) is 11.4 Å². The molecule has 2 aromatic heterocycles. The maximum absolute atomic E-state index is 8.79. The third-order valence-electron chi connectivity index (χ3n) is 3.23. The minimum absolute atomic E-state index is 0.110. The van der Waals surface area contributed by atoms with Crippen molar-refractivity contribution in [2.75, 3.05) is 0 Å². The smallest absolute Gasteiger partial charge is 0.146 e. The number of benzene rings is 1. The zero-order valence-electron chi connectivity index (χ0n) is 11.6. The molecule has 0 atom stereocenters. The highest BCUT2D eigenvalue weighted by Gasteiger charge is 2.14. The number of oxime groups is 1. The van der Waals surface area contributed by atoms with Crippen molar-refractivity contribution in [1.82, 2.24) is 14.5 Å². The van der Waals surface area contributed by atoms with Gasteiger partial charge in [0.05, 0.1) is 17.5 Å². The number of amidine groups is 1. The van der Waals surface area contributed by atoms with E-state index in [1.807, 2.05) is 47.9 Å². The van der Waals surface area contributed by atoms with Gasteiger partial charge in [-0.3, -0.25) is 4.57 Å². The Morgan fingerprint density at radius 3 is 2.90 bits per heavy atom. The van der Waals surface area contributed by atoms with E-state index < -0.39 is 0 Å². The molecule has 0 radical (unpaired) electrons. The standard InChI is InChI=1S/C15H15N5O/c1-10-6-7-17-14(8-10)20-12-5-3-2-4-11(12)18-15(20)9-13(16)19-21/h2-8,21H,9H2,1H3,(H2,16,19). The summed E-state index contributed by atoms with van der Waals surface area (Å²) < 4.78 is 1.93. The lowest BCUT2D eigenvalue weighted by Gasteiger charge is -2.08. The van der Waals surface area contributed by atoms with Crippen molar-refractivity contribution >= 4 is 16.9 Å². The van der Waals surface area contributed by atoms with Crippen LogP contribution in [0.25, 0.3) is 16.9 Å². The maximum Gasteiger partial charge on any atom is 0.146 e. The zero-order chi connectivity index (χ0) is 14.8. The molecular formula is C15H15N5O. The topological polar surface area (TPSA) is 89.3 Å². The van der Waals surface area contributed by atoms with Crippen molar-refractivity contribution in [3.63, 3.8) is 0 Å². The molecule has 0 aliphatic heterocycles. The molecule has 0 amide bonds. The lowest BCUT2D eigenvalue weighted by molar-refractivity contribution is 0.317. The normalized spacial score (nSPS) is 12.0. The number of pyridine rings is 1. The summed E-state index contributed by atoms with van der Waals surface area (Å²) in [5.74, 6) is 1.56. The molecule has 6 nitrogen and oxygen atoms in total. The summed E-state index contributed by atoms with van der Waals surface area (Å²) in [6, 6.07) is 11.7. The van der Waals surface area contributed by atoms with Crippen molar-refractivity contribution in [2.24, 2.45) is 10.9 Å². The Hall–Kier alpha value is -2.89. The first kappa shape index (κ1) is 13.1. The van der Waals surface area contributed by atoms with E-state index in [4.69, 9.17) is 10.9 Å². The molecule has 0 saturated carbocycles. The fourth-order valence-corrected chi connectivity index (χ4v) is 2.29. The molecule has 0 aliphatic rings. The van der Waals surface area contributed by atoms with E-state index in [9.17, 15) is 0 Å². The number of aromatic nitrogens is 3. The van der Waals surface area contributed by atoms with Gasteiger partial charge in [0, 0.05) is 6.20 Å². The number of hydrogen-bond donors (Lipinski definition) is 2. The second-order valence-corrected chi connectivity index (χ2v) is 4.81. The predicted octanol–water partition coefficient (Wildman–Crippen LogP) is 2.02. The molecule has 1 aromatic carbocycles. The van der Waals surface area contributed by atoms with Gasteiger partial charge in [-0.25, -0.2) is 9.97 Å². The highest BCUT2D eigenvalue weighted by Crippen LogP contribution is 2.21. The Bertz CT molecular complexity index is 822. The Labute approximate surface area is 121 Å². The lowest BCUT2D eigenvalue weighted by Crippen LogP contribution is -2.18. The average Bonchev–Trinajstić information content (AvgIpc) is 2.84. The van der Waals surface area contributed by atoms with E-state index in [-0.39, 0.29) is 12.3 Å². The van der Waals surface area contributed by atoms with Gasteiger partial charge < -0.3 is 10.9 Å². The van der Waals surface area contributed by atoms with Crippen LogP contribution in [-0.4, -0.2) is 25.6 Å². The van der Waals surface area contributed by atoms with Gasteiger partial charge in [0.25, 0.3) is 0 Å². The molecule has 21 heavy (non-hydrogen) atoms. The van der Waals surface area contributed by atoms with Gasteiger partial charge in [0.1, 0.15) is 17.5 Å². The molecule has 0 fully saturated rings. The van der Waals surface area contributed by atoms with E-state index >= 15 is 0 Å². The summed E-state index contributed by atoms with van der Waals surface area (Å²) in [6.45, 7) is 2.01. The number of para-hydroxylation sites is 2. The van der Waals surface area contributed by atoms with Gasteiger partial charge in [-0.15, -0.1) is 0 Å². The molecule has 3 aromatic rings. The lowest BCUT2D eigenvalue weighted by atomic mass is 10.3. The van der Waals surface area contributed by atoms with Gasteiger partial charge >= 0.3 is 0 Å². The first-order chi connectivity index (χ1) is 10.2. The van der Waals surface area contributed by atoms with Crippen molar-refractivity contribution < 1.29 is 5.21 Å². The fourth-order valence-electron chi connectivity index (χ4n) is 2.29. The van der Waals surface area contributed by atoms with Crippen LogP contribution in [0.3, 0.4) is 0 Å². The van der Waals surface area contributed by atoms with Gasteiger partial charge in [-0.2, -0.15) is 0 Å². The van der Waals surface area contributed by atoms with Crippen LogP contribution in [0.2, 0.25) is 0 Å². The molecule has 0 spiro atoms. The zero-order valence-corrected chi connectivity index (χ0v) is 11.6. The van der Waals surface area contributed by atoms with E-state index in [0.29, 0.717) is 5.82 Å². The molecule has 106 valence electrons.